The molecule has 9 heteroatoms. The van der Waals surface area contributed by atoms with E-state index in [2.05, 4.69) is 4.98 Å². The lowest BCUT2D eigenvalue weighted by Gasteiger charge is -2.25. The third-order valence-electron chi connectivity index (χ3n) is 3.66. The maximum Gasteiger partial charge on any atom is 0.268 e. The normalized spacial score (nSPS) is 26.4. The molecule has 2 atom stereocenters. The lowest BCUT2D eigenvalue weighted by Crippen LogP contribution is -2.36. The third-order valence-corrected chi connectivity index (χ3v) is 4.78. The van der Waals surface area contributed by atoms with Crippen molar-refractivity contribution in [2.24, 2.45) is 0 Å². The van der Waals surface area contributed by atoms with Crippen molar-refractivity contribution < 1.29 is 19.7 Å². The van der Waals surface area contributed by atoms with Gasteiger partial charge in [0.05, 0.1) is 25.4 Å². The molecule has 0 bridgehead atoms. The molecule has 2 unspecified atom stereocenters. The monoisotopic (exact) mass is 314 g/mol. The summed E-state index contributed by atoms with van der Waals surface area (Å²) in [4.78, 5) is 20.5. The minimum absolute atomic E-state index is 0.115. The topological polar surface area (TPSA) is 112 Å². The lowest BCUT2D eigenvalue weighted by atomic mass is 10.3. The van der Waals surface area contributed by atoms with Crippen LogP contribution in [0.25, 0.3) is 0 Å². The van der Waals surface area contributed by atoms with Crippen LogP contribution in [-0.2, 0) is 4.74 Å². The van der Waals surface area contributed by atoms with Crippen LogP contribution in [0, 0.1) is 0 Å². The predicted molar refractivity (Wildman–Crippen MR) is 77.5 cm³/mol. The van der Waals surface area contributed by atoms with Crippen LogP contribution in [0.1, 0.15) is 9.67 Å². The molecule has 2 aliphatic heterocycles. The summed E-state index contributed by atoms with van der Waals surface area (Å²) in [5, 5.41) is 19.8. The second-order valence-electron chi connectivity index (χ2n) is 5.16. The molecule has 1 aromatic rings. The number of carbonyl (C=O) groups is 1. The van der Waals surface area contributed by atoms with Gasteiger partial charge >= 0.3 is 0 Å². The molecule has 0 radical (unpaired) electrons. The van der Waals surface area contributed by atoms with Crippen molar-refractivity contribution in [3.63, 3.8) is 0 Å². The van der Waals surface area contributed by atoms with Crippen LogP contribution in [0.2, 0.25) is 0 Å². The molecule has 3 heterocycles. The van der Waals surface area contributed by atoms with Crippen molar-refractivity contribution in [3.8, 4) is 0 Å². The molecular weight excluding hydrogens is 296 g/mol. The molecule has 2 saturated heterocycles. The number of rotatable bonds is 2. The number of β-amino-alcohol motifs (C(OH)–C–C–N with tert-alkyl or cyclic N) is 2. The zero-order valence-electron chi connectivity index (χ0n) is 11.4. The number of ether oxygens (including phenoxy) is 1. The molecule has 2 fully saturated rings. The Morgan fingerprint density at radius 3 is 2.52 bits per heavy atom. The summed E-state index contributed by atoms with van der Waals surface area (Å²) in [5.41, 5.74) is 5.85. The van der Waals surface area contributed by atoms with Crippen LogP contribution in [-0.4, -0.2) is 77.6 Å². The number of aliphatic hydroxyl groups excluding tert-OH is 2. The van der Waals surface area contributed by atoms with Crippen molar-refractivity contribution in [3.05, 3.63) is 4.88 Å². The minimum Gasteiger partial charge on any atom is -0.388 e. The molecule has 2 aliphatic rings. The van der Waals surface area contributed by atoms with E-state index in [9.17, 15) is 15.0 Å². The number of carbonyl (C=O) groups excluding carboxylic acids is 1. The van der Waals surface area contributed by atoms with Gasteiger partial charge < -0.3 is 30.5 Å². The van der Waals surface area contributed by atoms with E-state index < -0.39 is 12.2 Å². The number of thiazole rings is 1. The summed E-state index contributed by atoms with van der Waals surface area (Å²) in [5.74, 6) is -0.0949. The van der Waals surface area contributed by atoms with Gasteiger partial charge in [0.2, 0.25) is 0 Å². The highest BCUT2D eigenvalue weighted by Crippen LogP contribution is 2.30. The van der Waals surface area contributed by atoms with Gasteiger partial charge in [-0.15, -0.1) is 0 Å². The van der Waals surface area contributed by atoms with Gasteiger partial charge in [0.1, 0.15) is 10.7 Å². The van der Waals surface area contributed by atoms with Gasteiger partial charge in [0.25, 0.3) is 5.91 Å². The number of anilines is 2. The van der Waals surface area contributed by atoms with Crippen molar-refractivity contribution in [2.75, 3.05) is 50.0 Å². The van der Waals surface area contributed by atoms with Crippen LogP contribution in [0.4, 0.5) is 10.9 Å². The SMILES string of the molecule is Nc1nc(N2CCOCC2)sc1C(=O)N1CC(O)C(O)C1. The standard InChI is InChI=1S/C12H18N4O4S/c13-10-9(11(19)16-5-7(17)8(18)6-16)21-12(14-10)15-1-3-20-4-2-15/h7-8,17-18H,1-6,13H2. The van der Waals surface area contributed by atoms with Crippen molar-refractivity contribution in [1.82, 2.24) is 9.88 Å². The van der Waals surface area contributed by atoms with E-state index in [1.54, 1.807) is 0 Å². The molecule has 1 amide bonds. The quantitative estimate of drug-likeness (QED) is 0.624. The van der Waals surface area contributed by atoms with Gasteiger partial charge in [-0.3, -0.25) is 4.79 Å². The molecule has 4 N–H and O–H groups in total. The van der Waals surface area contributed by atoms with E-state index in [1.165, 1.54) is 16.2 Å². The summed E-state index contributed by atoms with van der Waals surface area (Å²) in [6.07, 6.45) is -1.80. The highest BCUT2D eigenvalue weighted by molar-refractivity contribution is 7.18. The molecule has 0 aromatic carbocycles. The zero-order chi connectivity index (χ0) is 15.0. The van der Waals surface area contributed by atoms with Crippen LogP contribution in [0.5, 0.6) is 0 Å². The van der Waals surface area contributed by atoms with Crippen molar-refractivity contribution in [1.29, 1.82) is 0 Å². The van der Waals surface area contributed by atoms with Gasteiger partial charge in [0, 0.05) is 26.2 Å². The van der Waals surface area contributed by atoms with E-state index in [4.69, 9.17) is 10.5 Å². The summed E-state index contributed by atoms with van der Waals surface area (Å²) in [6.45, 7) is 2.94. The van der Waals surface area contributed by atoms with E-state index in [0.717, 1.165) is 13.1 Å². The fourth-order valence-electron chi connectivity index (χ4n) is 2.44. The molecule has 0 spiro atoms. The number of nitrogen functional groups attached to an aromatic ring is 1. The van der Waals surface area contributed by atoms with Gasteiger partial charge in [-0.05, 0) is 0 Å². The first-order valence-corrected chi connectivity index (χ1v) is 7.62. The Morgan fingerprint density at radius 2 is 1.90 bits per heavy atom. The van der Waals surface area contributed by atoms with Gasteiger partial charge in [-0.1, -0.05) is 11.3 Å². The van der Waals surface area contributed by atoms with Crippen molar-refractivity contribution in [2.45, 2.75) is 12.2 Å². The smallest absolute Gasteiger partial charge is 0.268 e. The van der Waals surface area contributed by atoms with Crippen molar-refractivity contribution >= 4 is 28.2 Å². The minimum atomic E-state index is -0.901. The number of nitrogens with two attached hydrogens (primary N) is 1. The molecule has 0 aliphatic carbocycles. The molecule has 8 nitrogen and oxygen atoms in total. The molecule has 0 saturated carbocycles. The Morgan fingerprint density at radius 1 is 1.29 bits per heavy atom. The Balaban J connectivity index is 1.76. The number of likely N-dealkylation sites (tertiary alicyclic amines) is 1. The zero-order valence-corrected chi connectivity index (χ0v) is 12.3. The summed E-state index contributed by atoms with van der Waals surface area (Å²) in [7, 11) is 0. The largest absolute Gasteiger partial charge is 0.388 e. The van der Waals surface area contributed by atoms with Crippen LogP contribution in [0.3, 0.4) is 0 Å². The summed E-state index contributed by atoms with van der Waals surface area (Å²) >= 11 is 1.24. The fraction of sp³-hybridized carbons (Fsp3) is 0.667. The van der Waals surface area contributed by atoms with E-state index in [1.807, 2.05) is 4.90 Å². The predicted octanol–water partition coefficient (Wildman–Crippen LogP) is -1.26. The number of aliphatic hydroxyl groups is 2. The maximum atomic E-state index is 12.4. The first-order chi connectivity index (χ1) is 10.1. The molecule has 3 rings (SSSR count). The van der Waals surface area contributed by atoms with Gasteiger partial charge in [-0.2, -0.15) is 0 Å². The summed E-state index contributed by atoms with van der Waals surface area (Å²) in [6, 6.07) is 0. The van der Waals surface area contributed by atoms with Gasteiger partial charge in [-0.25, -0.2) is 4.98 Å². The van der Waals surface area contributed by atoms with E-state index in [-0.39, 0.29) is 24.8 Å². The first kappa shape index (κ1) is 14.5. The molecule has 21 heavy (non-hydrogen) atoms. The Kier molecular flexibility index (Phi) is 3.98. The third kappa shape index (κ3) is 2.82. The number of aromatic nitrogens is 1. The lowest BCUT2D eigenvalue weighted by molar-refractivity contribution is 0.0572. The average molecular weight is 314 g/mol. The number of hydrogen-bond donors (Lipinski definition) is 3. The van der Waals surface area contributed by atoms with Crippen LogP contribution >= 0.6 is 11.3 Å². The number of nitrogens with zero attached hydrogens (tertiary/aromatic N) is 3. The van der Waals surface area contributed by atoms with Crippen LogP contribution < -0.4 is 10.6 Å². The Hall–Kier alpha value is -1.42. The number of amides is 1. The first-order valence-electron chi connectivity index (χ1n) is 6.80. The molecule has 1 aromatic heterocycles. The fourth-order valence-corrected chi connectivity index (χ4v) is 3.45. The highest BCUT2D eigenvalue weighted by atomic mass is 32.1. The number of hydrogen-bond acceptors (Lipinski definition) is 8. The Bertz CT molecular complexity index is 521. The average Bonchev–Trinajstić information content (AvgIpc) is 3.03. The maximum absolute atomic E-state index is 12.4. The second-order valence-corrected chi connectivity index (χ2v) is 6.13. The van der Waals surface area contributed by atoms with Crippen LogP contribution in [0.15, 0.2) is 0 Å². The summed E-state index contributed by atoms with van der Waals surface area (Å²) < 4.78 is 5.28. The van der Waals surface area contributed by atoms with Gasteiger partial charge in [0.15, 0.2) is 5.13 Å². The van der Waals surface area contributed by atoms with E-state index >= 15 is 0 Å². The highest BCUT2D eigenvalue weighted by Gasteiger charge is 2.35. The molecule has 116 valence electrons. The Labute approximate surface area is 125 Å². The number of morpholine rings is 1. The molecular formula is C12H18N4O4S. The van der Waals surface area contributed by atoms with E-state index in [0.29, 0.717) is 23.2 Å². The second kappa shape index (κ2) is 5.76.